The number of esters is 3. The first-order valence-electron chi connectivity index (χ1n) is 16.0. The Balaban J connectivity index is 2.72. The van der Waals surface area contributed by atoms with E-state index in [4.69, 9.17) is 18.9 Å². The summed E-state index contributed by atoms with van der Waals surface area (Å²) in [5.74, 6) is -0.813. The van der Waals surface area contributed by atoms with E-state index in [1.807, 2.05) is 90.3 Å². The highest BCUT2D eigenvalue weighted by Crippen LogP contribution is 2.12. The predicted molar refractivity (Wildman–Crippen MR) is 175 cm³/mol. The maximum atomic E-state index is 12.7. The van der Waals surface area contributed by atoms with Gasteiger partial charge in [-0.15, -0.1) is 0 Å². The van der Waals surface area contributed by atoms with Crippen molar-refractivity contribution < 1.29 is 38.4 Å². The Labute approximate surface area is 270 Å². The quantitative estimate of drug-likeness (QED) is 0.0779. The summed E-state index contributed by atoms with van der Waals surface area (Å²) in [4.78, 5) is 41.0. The van der Waals surface area contributed by atoms with Gasteiger partial charge in [-0.3, -0.25) is 24.2 Å². The van der Waals surface area contributed by atoms with Crippen LogP contribution in [-0.4, -0.2) is 128 Å². The summed E-state index contributed by atoms with van der Waals surface area (Å²) in [6, 6.07) is 0. The van der Waals surface area contributed by atoms with Crippen molar-refractivity contribution in [2.24, 2.45) is 5.92 Å². The number of aliphatic hydroxyl groups excluding tert-OH is 1. The van der Waals surface area contributed by atoms with E-state index >= 15 is 0 Å². The molecule has 0 aliphatic heterocycles. The summed E-state index contributed by atoms with van der Waals surface area (Å²) in [6.45, 7) is 20.3. The molecule has 45 heavy (non-hydrogen) atoms. The summed E-state index contributed by atoms with van der Waals surface area (Å²) in [6.07, 6.45) is 7.85. The maximum Gasteiger partial charge on any atom is 0.320 e. The molecular weight excluding hydrogens is 580 g/mol. The average Bonchev–Trinajstić information content (AvgIpc) is 2.87. The number of nitrogens with zero attached hydrogens (tertiary/aromatic N) is 2. The zero-order valence-corrected chi connectivity index (χ0v) is 29.1. The largest absolute Gasteiger partial charge is 0.464 e. The molecule has 260 valence electrons. The molecule has 0 fully saturated rings. The smallest absolute Gasteiger partial charge is 0.320 e. The van der Waals surface area contributed by atoms with E-state index in [1.54, 1.807) is 0 Å². The normalized spacial score (nSPS) is 16.2. The van der Waals surface area contributed by atoms with Crippen molar-refractivity contribution in [2.45, 2.75) is 91.8 Å². The Morgan fingerprint density at radius 1 is 0.778 bits per heavy atom. The summed E-state index contributed by atoms with van der Waals surface area (Å²) >= 11 is 0. The molecule has 0 saturated heterocycles. The minimum Gasteiger partial charge on any atom is -0.464 e. The van der Waals surface area contributed by atoms with Gasteiger partial charge in [0.2, 0.25) is 0 Å². The molecule has 12 nitrogen and oxygen atoms in total. The van der Waals surface area contributed by atoms with Crippen molar-refractivity contribution in [2.75, 3.05) is 72.1 Å². The number of carbonyl (C=O) groups excluding carboxylic acids is 3. The van der Waals surface area contributed by atoms with Crippen molar-refractivity contribution >= 4 is 17.9 Å². The molecule has 0 radical (unpaired) electrons. The van der Waals surface area contributed by atoms with Crippen molar-refractivity contribution in [1.29, 1.82) is 0 Å². The zero-order chi connectivity index (χ0) is 34.1. The Kier molecular flexibility index (Phi) is 18.1. The van der Waals surface area contributed by atoms with Crippen LogP contribution < -0.4 is 10.6 Å². The first-order chi connectivity index (χ1) is 20.8. The molecule has 1 aliphatic rings. The van der Waals surface area contributed by atoms with Crippen molar-refractivity contribution in [3.63, 3.8) is 0 Å². The van der Waals surface area contributed by atoms with Gasteiger partial charge in [0.25, 0.3) is 0 Å². The molecule has 0 amide bonds. The highest BCUT2D eigenvalue weighted by atomic mass is 16.6. The van der Waals surface area contributed by atoms with Gasteiger partial charge in [0.05, 0.1) is 31.8 Å². The lowest BCUT2D eigenvalue weighted by atomic mass is 10.0. The van der Waals surface area contributed by atoms with Gasteiger partial charge < -0.3 is 34.7 Å². The predicted octanol–water partition coefficient (Wildman–Crippen LogP) is 2.26. The van der Waals surface area contributed by atoms with Gasteiger partial charge in [-0.25, -0.2) is 0 Å². The SMILES string of the molecule is CC(C)(C)OC(=O)CNCCN(CCN(CCNCC(=O)OCC1C=CC=CC1)CC(=O)OC(C)(C)C)CC(O)OC(C)(C)C. The van der Waals surface area contributed by atoms with Crippen molar-refractivity contribution in [1.82, 2.24) is 20.4 Å². The fraction of sp³-hybridized carbons (Fsp3) is 0.788. The molecule has 0 aromatic carbocycles. The molecule has 2 unspecified atom stereocenters. The van der Waals surface area contributed by atoms with Gasteiger partial charge in [-0.05, 0) is 68.7 Å². The second kappa shape index (κ2) is 20.0. The van der Waals surface area contributed by atoms with Gasteiger partial charge in [0.1, 0.15) is 11.2 Å². The van der Waals surface area contributed by atoms with Crippen LogP contribution in [0, 0.1) is 5.92 Å². The van der Waals surface area contributed by atoms with Gasteiger partial charge in [-0.1, -0.05) is 24.3 Å². The van der Waals surface area contributed by atoms with Crippen LogP contribution in [0.15, 0.2) is 24.3 Å². The van der Waals surface area contributed by atoms with Crippen LogP contribution in [0.3, 0.4) is 0 Å². The number of carbonyl (C=O) groups is 3. The standard InChI is InChI=1S/C33H60N4O8/c1-31(2,3)43-28(39)22-35-16-18-37(24-30(41)45-33(7,8)9)20-19-36(23-29(40)44-32(4,5)6)17-15-34-21-27(38)42-25-26-13-11-10-12-14-26/h10-13,26,30,34-35,41H,14-25H2,1-9H3. The molecule has 1 rings (SSSR count). The number of rotatable bonds is 20. The fourth-order valence-corrected chi connectivity index (χ4v) is 4.31. The topological polar surface area (TPSA) is 139 Å². The van der Waals surface area contributed by atoms with Gasteiger partial charge in [0.15, 0.2) is 6.29 Å². The fourth-order valence-electron chi connectivity index (χ4n) is 4.31. The number of ether oxygens (including phenoxy) is 4. The minimum atomic E-state index is -1.03. The summed E-state index contributed by atoms with van der Waals surface area (Å²) < 4.78 is 22.0. The first kappa shape index (κ1) is 40.7. The summed E-state index contributed by atoms with van der Waals surface area (Å²) in [5, 5.41) is 16.8. The van der Waals surface area contributed by atoms with Crippen molar-refractivity contribution in [3.8, 4) is 0 Å². The van der Waals surface area contributed by atoms with Crippen LogP contribution in [0.25, 0.3) is 0 Å². The van der Waals surface area contributed by atoms with E-state index in [9.17, 15) is 19.5 Å². The van der Waals surface area contributed by atoms with Crippen LogP contribution in [0.2, 0.25) is 0 Å². The van der Waals surface area contributed by atoms with Gasteiger partial charge >= 0.3 is 17.9 Å². The Bertz CT molecular complexity index is 950. The molecule has 1 aliphatic carbocycles. The number of hydrogen-bond donors (Lipinski definition) is 3. The molecule has 0 heterocycles. The molecule has 0 aromatic rings. The van der Waals surface area contributed by atoms with Gasteiger partial charge in [0, 0.05) is 51.7 Å². The summed E-state index contributed by atoms with van der Waals surface area (Å²) in [5.41, 5.74) is -1.70. The van der Waals surface area contributed by atoms with E-state index in [1.165, 1.54) is 0 Å². The molecule has 0 saturated carbocycles. The van der Waals surface area contributed by atoms with E-state index in [-0.39, 0.29) is 50.0 Å². The van der Waals surface area contributed by atoms with Crippen LogP contribution in [0.5, 0.6) is 0 Å². The number of hydrogen-bond acceptors (Lipinski definition) is 12. The highest BCUT2D eigenvalue weighted by molar-refractivity contribution is 5.72. The third-order valence-corrected chi connectivity index (χ3v) is 6.11. The Hall–Kier alpha value is -2.35. The Morgan fingerprint density at radius 3 is 1.89 bits per heavy atom. The Morgan fingerprint density at radius 2 is 1.33 bits per heavy atom. The second-order valence-electron chi connectivity index (χ2n) is 14.3. The lowest BCUT2D eigenvalue weighted by molar-refractivity contribution is -0.174. The van der Waals surface area contributed by atoms with E-state index < -0.39 is 23.1 Å². The highest BCUT2D eigenvalue weighted by Gasteiger charge is 2.23. The molecule has 12 heteroatoms. The zero-order valence-electron chi connectivity index (χ0n) is 29.1. The maximum absolute atomic E-state index is 12.7. The first-order valence-corrected chi connectivity index (χ1v) is 16.0. The van der Waals surface area contributed by atoms with E-state index in [0.717, 1.165) is 6.42 Å². The minimum absolute atomic E-state index is 0.0662. The van der Waals surface area contributed by atoms with Crippen LogP contribution in [-0.2, 0) is 33.3 Å². The number of allylic oxidation sites excluding steroid dienone is 3. The lowest BCUT2D eigenvalue weighted by Crippen LogP contribution is -2.46. The molecule has 3 N–H and O–H groups in total. The third-order valence-electron chi connectivity index (χ3n) is 6.11. The third kappa shape index (κ3) is 23.6. The molecular formula is C33H60N4O8. The summed E-state index contributed by atoms with van der Waals surface area (Å²) in [7, 11) is 0. The molecule has 2 atom stereocenters. The average molecular weight is 641 g/mol. The van der Waals surface area contributed by atoms with E-state index in [2.05, 4.69) is 16.7 Å². The van der Waals surface area contributed by atoms with Gasteiger partial charge in [-0.2, -0.15) is 0 Å². The molecule has 0 spiro atoms. The second-order valence-corrected chi connectivity index (χ2v) is 14.3. The van der Waals surface area contributed by atoms with Crippen LogP contribution in [0.4, 0.5) is 0 Å². The van der Waals surface area contributed by atoms with Crippen molar-refractivity contribution in [3.05, 3.63) is 24.3 Å². The number of aliphatic hydroxyl groups is 1. The monoisotopic (exact) mass is 640 g/mol. The molecule has 0 bridgehead atoms. The number of nitrogens with one attached hydrogen (secondary N) is 2. The molecule has 0 aromatic heterocycles. The van der Waals surface area contributed by atoms with Crippen LogP contribution >= 0.6 is 0 Å². The lowest BCUT2D eigenvalue weighted by Gasteiger charge is -2.31. The van der Waals surface area contributed by atoms with Crippen LogP contribution in [0.1, 0.15) is 68.7 Å². The van der Waals surface area contributed by atoms with E-state index in [0.29, 0.717) is 45.9 Å².